The van der Waals surface area contributed by atoms with Gasteiger partial charge >= 0.3 is 17.6 Å². The summed E-state index contributed by atoms with van der Waals surface area (Å²) in [6.07, 6.45) is 2.54. The van der Waals surface area contributed by atoms with Crippen LogP contribution in [0.15, 0.2) is 0 Å². The number of ether oxygens (including phenoxy) is 1. The molecule has 0 N–H and O–H groups in total. The normalized spacial score (nSPS) is 27.9. The van der Waals surface area contributed by atoms with Gasteiger partial charge in [0.05, 0.1) is 6.61 Å². The molecule has 2 saturated heterocycles. The van der Waals surface area contributed by atoms with E-state index in [4.69, 9.17) is 10.3 Å². The zero-order chi connectivity index (χ0) is 16.7. The van der Waals surface area contributed by atoms with E-state index in [9.17, 15) is 18.0 Å². The summed E-state index contributed by atoms with van der Waals surface area (Å²) in [4.78, 5) is 27.9. The topological polar surface area (TPSA) is 117 Å². The molecule has 0 unspecified atom stereocenters. The Balaban J connectivity index is 2.26. The molecule has 22 heavy (non-hydrogen) atoms. The average Bonchev–Trinajstić information content (AvgIpc) is 2.58. The number of hydrogen-bond donors (Lipinski definition) is 0. The van der Waals surface area contributed by atoms with Crippen molar-refractivity contribution in [2.45, 2.75) is 56.2 Å². The summed E-state index contributed by atoms with van der Waals surface area (Å²) in [6.45, 7) is 4.95. The van der Waals surface area contributed by atoms with E-state index in [0.717, 1.165) is 17.7 Å². The monoisotopic (exact) mass is 329 g/mol. The number of rotatable bonds is 5. The van der Waals surface area contributed by atoms with E-state index in [1.54, 1.807) is 0 Å². The second-order valence-electron chi connectivity index (χ2n) is 5.98. The number of nitrogens with zero attached hydrogens (tertiary/aromatic N) is 3. The molecule has 0 spiro atoms. The van der Waals surface area contributed by atoms with Crippen molar-refractivity contribution in [1.29, 1.82) is 0 Å². The van der Waals surface area contributed by atoms with Gasteiger partial charge in [-0.25, -0.2) is 13.2 Å². The highest BCUT2D eigenvalue weighted by atomic mass is 32.2. The van der Waals surface area contributed by atoms with Gasteiger partial charge in [0, 0.05) is 0 Å². The molecular weight excluding hydrogens is 310 g/mol. The van der Waals surface area contributed by atoms with Crippen molar-refractivity contribution in [3.05, 3.63) is 5.53 Å². The lowest BCUT2D eigenvalue weighted by Crippen LogP contribution is -2.64. The van der Waals surface area contributed by atoms with Crippen LogP contribution >= 0.6 is 0 Å². The van der Waals surface area contributed by atoms with Crippen LogP contribution in [-0.2, 0) is 24.2 Å². The van der Waals surface area contributed by atoms with Crippen LogP contribution in [0.5, 0.6) is 0 Å². The number of fused-ring (bicyclic) bond motifs is 1. The van der Waals surface area contributed by atoms with Gasteiger partial charge in [-0.3, -0.25) is 9.69 Å². The predicted molar refractivity (Wildman–Crippen MR) is 76.5 cm³/mol. The standard InChI is InChI=1S/C13H19N3O5S/c1-4-5-6-7-21-12(18)9-13(2,3)22(19,20)11-8(15-14)10(17)16(9)11/h9,11H,4-7H2,1-3H3/t9-,11+/m0/s1. The molecule has 9 heteroatoms. The maximum atomic E-state index is 12.5. The predicted octanol–water partition coefficient (Wildman–Crippen LogP) is 0.135. The van der Waals surface area contributed by atoms with Crippen LogP contribution in [0.1, 0.15) is 40.0 Å². The molecule has 2 heterocycles. The number of hydrogen-bond acceptors (Lipinski definition) is 5. The van der Waals surface area contributed by atoms with Crippen LogP contribution in [0.2, 0.25) is 0 Å². The first kappa shape index (κ1) is 16.6. The minimum atomic E-state index is -3.88. The highest BCUT2D eigenvalue weighted by molar-refractivity contribution is 7.94. The fraction of sp³-hybridized carbons (Fsp3) is 0.769. The average molecular weight is 329 g/mol. The lowest BCUT2D eigenvalue weighted by atomic mass is 9.97. The third-order valence-corrected chi connectivity index (χ3v) is 6.96. The van der Waals surface area contributed by atoms with Gasteiger partial charge in [0.2, 0.25) is 5.37 Å². The first-order valence-electron chi connectivity index (χ1n) is 7.16. The van der Waals surface area contributed by atoms with Crippen molar-refractivity contribution in [3.63, 3.8) is 0 Å². The molecule has 0 aromatic heterocycles. The number of carbonyl (C=O) groups is 2. The summed E-state index contributed by atoms with van der Waals surface area (Å²) in [7, 11) is -3.88. The van der Waals surface area contributed by atoms with E-state index in [2.05, 4.69) is 4.79 Å². The Morgan fingerprint density at radius 2 is 2.05 bits per heavy atom. The van der Waals surface area contributed by atoms with E-state index < -0.39 is 43.6 Å². The summed E-state index contributed by atoms with van der Waals surface area (Å²) in [6, 6.07) is -1.22. The maximum Gasteiger partial charge on any atom is 0.393 e. The van der Waals surface area contributed by atoms with Gasteiger partial charge < -0.3 is 10.3 Å². The number of esters is 1. The van der Waals surface area contributed by atoms with Crippen molar-refractivity contribution in [2.24, 2.45) is 0 Å². The summed E-state index contributed by atoms with van der Waals surface area (Å²) >= 11 is 0. The summed E-state index contributed by atoms with van der Waals surface area (Å²) in [5, 5.41) is -1.37. The van der Waals surface area contributed by atoms with E-state index >= 15 is 0 Å². The van der Waals surface area contributed by atoms with Crippen LogP contribution in [-0.4, -0.2) is 58.5 Å². The Morgan fingerprint density at radius 3 is 2.59 bits per heavy atom. The van der Waals surface area contributed by atoms with Crippen LogP contribution in [0.25, 0.3) is 5.53 Å². The Morgan fingerprint density at radius 1 is 1.41 bits per heavy atom. The lowest BCUT2D eigenvalue weighted by molar-refractivity contribution is -0.158. The van der Waals surface area contributed by atoms with Crippen molar-refractivity contribution in [2.75, 3.05) is 6.61 Å². The van der Waals surface area contributed by atoms with E-state index in [1.165, 1.54) is 13.8 Å². The van der Waals surface area contributed by atoms with Crippen molar-refractivity contribution in [3.8, 4) is 0 Å². The largest absolute Gasteiger partial charge is 0.464 e. The molecule has 2 aliphatic heterocycles. The van der Waals surface area contributed by atoms with Gasteiger partial charge in [-0.2, -0.15) is 4.79 Å². The Labute approximate surface area is 129 Å². The first-order chi connectivity index (χ1) is 10.2. The molecule has 0 aliphatic carbocycles. The Hall–Kier alpha value is -1.73. The number of carbonyl (C=O) groups excluding carboxylic acids is 2. The fourth-order valence-electron chi connectivity index (χ4n) is 2.83. The molecule has 2 atom stereocenters. The SMILES string of the molecule is CCCCCOC(=O)[C@@H]1N2C(=O)C(=[N+]=[N-])[C@H]2S(=O)(=O)C1(C)C. The smallest absolute Gasteiger partial charge is 0.393 e. The van der Waals surface area contributed by atoms with Gasteiger partial charge in [-0.05, 0) is 20.3 Å². The zero-order valence-corrected chi connectivity index (χ0v) is 13.6. The van der Waals surface area contributed by atoms with Gasteiger partial charge in [0.1, 0.15) is 4.75 Å². The molecule has 8 nitrogen and oxygen atoms in total. The van der Waals surface area contributed by atoms with E-state index in [0.29, 0.717) is 6.42 Å². The third kappa shape index (κ3) is 2.07. The molecule has 1 amide bonds. The van der Waals surface area contributed by atoms with Crippen LogP contribution in [0.3, 0.4) is 0 Å². The summed E-state index contributed by atoms with van der Waals surface area (Å²) in [5.74, 6) is -1.49. The molecule has 122 valence electrons. The quantitative estimate of drug-likeness (QED) is 0.234. The first-order valence-corrected chi connectivity index (χ1v) is 8.71. The van der Waals surface area contributed by atoms with Gasteiger partial charge in [0.15, 0.2) is 15.9 Å². The van der Waals surface area contributed by atoms with E-state index in [1.807, 2.05) is 6.92 Å². The van der Waals surface area contributed by atoms with Crippen LogP contribution in [0.4, 0.5) is 0 Å². The zero-order valence-electron chi connectivity index (χ0n) is 12.8. The van der Waals surface area contributed by atoms with Crippen molar-refractivity contribution >= 4 is 27.4 Å². The molecule has 0 aromatic rings. The molecule has 0 radical (unpaired) electrons. The molecular formula is C13H19N3O5S. The van der Waals surface area contributed by atoms with Crippen molar-refractivity contribution < 1.29 is 27.5 Å². The molecule has 0 aromatic carbocycles. The maximum absolute atomic E-state index is 12.5. The number of amides is 1. The number of β-lactam (4-membered cyclic amide) rings is 1. The lowest BCUT2D eigenvalue weighted by Gasteiger charge is -2.32. The second-order valence-corrected chi connectivity index (χ2v) is 8.56. The number of sulfone groups is 1. The van der Waals surface area contributed by atoms with E-state index in [-0.39, 0.29) is 6.61 Å². The number of unbranched alkanes of at least 4 members (excludes halogenated alkanes) is 2. The molecule has 2 fully saturated rings. The highest BCUT2D eigenvalue weighted by Gasteiger charge is 2.75. The van der Waals surface area contributed by atoms with Crippen molar-refractivity contribution in [1.82, 2.24) is 4.90 Å². The molecule has 0 bridgehead atoms. The minimum absolute atomic E-state index is 0.187. The highest BCUT2D eigenvalue weighted by Crippen LogP contribution is 2.44. The molecule has 2 aliphatic rings. The summed E-state index contributed by atoms with van der Waals surface area (Å²) < 4.78 is 28.6. The Kier molecular flexibility index (Phi) is 4.14. The fourth-order valence-corrected chi connectivity index (χ4v) is 4.89. The minimum Gasteiger partial charge on any atom is -0.464 e. The molecule has 2 rings (SSSR count). The third-order valence-electron chi connectivity index (χ3n) is 4.23. The van der Waals surface area contributed by atoms with Gasteiger partial charge in [-0.15, -0.1) is 0 Å². The summed E-state index contributed by atoms with van der Waals surface area (Å²) in [5.41, 5.74) is 8.34. The van der Waals surface area contributed by atoms with Crippen LogP contribution in [0, 0.1) is 0 Å². The Bertz CT molecular complexity index is 663. The second kappa shape index (κ2) is 5.48. The van der Waals surface area contributed by atoms with Gasteiger partial charge in [-0.1, -0.05) is 19.8 Å². The van der Waals surface area contributed by atoms with Gasteiger partial charge in [0.25, 0.3) is 0 Å². The molecule has 0 saturated carbocycles. The van der Waals surface area contributed by atoms with Crippen LogP contribution < -0.4 is 0 Å².